The van der Waals surface area contributed by atoms with Gasteiger partial charge in [-0.2, -0.15) is 0 Å². The predicted molar refractivity (Wildman–Crippen MR) is 164 cm³/mol. The van der Waals surface area contributed by atoms with Gasteiger partial charge in [0.1, 0.15) is 0 Å². The van der Waals surface area contributed by atoms with Gasteiger partial charge < -0.3 is 0 Å². The summed E-state index contributed by atoms with van der Waals surface area (Å²) in [6.07, 6.45) is 10.9. The van der Waals surface area contributed by atoms with Gasteiger partial charge in [-0.3, -0.25) is 71.3 Å². The summed E-state index contributed by atoms with van der Waals surface area (Å²) in [6, 6.07) is 0. The molecule has 9 aliphatic carbocycles. The molecule has 48 heavy (non-hydrogen) atoms. The van der Waals surface area contributed by atoms with E-state index in [1.54, 1.807) is 0 Å². The molecule has 250 valence electrons. The SMILES string of the molecule is O=C1C(=O)C2C=CC1C1C3NC4CCC(N4)NC4NC(NC5NC(NC(N3)C21)C1C2C=CC(C(=O)C2=O)C51)C1C2C=CC(C(=O)C2=O)C41. The van der Waals surface area contributed by atoms with E-state index in [9.17, 15) is 28.8 Å². The lowest BCUT2D eigenvalue weighted by Crippen LogP contribution is -2.61. The van der Waals surface area contributed by atoms with Gasteiger partial charge in [0.25, 0.3) is 0 Å². The predicted octanol–water partition coefficient (Wildman–Crippen LogP) is -3.28. The molecule has 0 aromatic carbocycles. The first kappa shape index (κ1) is 28.7. The average Bonchev–Trinajstić information content (AvgIpc) is 3.86. The Kier molecular flexibility index (Phi) is 5.86. The number of hydrogen-bond acceptors (Lipinski definition) is 14. The zero-order valence-electron chi connectivity index (χ0n) is 25.9. The smallest absolute Gasteiger partial charge is 0.206 e. The van der Waals surface area contributed by atoms with Crippen LogP contribution < -0.4 is 42.5 Å². The number of nitrogens with one attached hydrogen (secondary N) is 8. The molecule has 8 fully saturated rings. The fraction of sp³-hybridized carbons (Fsp3) is 0.647. The Hall–Kier alpha value is -3.08. The van der Waals surface area contributed by atoms with E-state index in [0.717, 1.165) is 12.8 Å². The van der Waals surface area contributed by atoms with E-state index in [1.165, 1.54) is 0 Å². The van der Waals surface area contributed by atoms with Crippen molar-refractivity contribution < 1.29 is 28.8 Å². The Labute approximate surface area is 275 Å². The molecule has 5 heterocycles. The summed E-state index contributed by atoms with van der Waals surface area (Å²) in [6.45, 7) is 0. The summed E-state index contributed by atoms with van der Waals surface area (Å²) in [5.74, 6) is -6.49. The Morgan fingerprint density at radius 2 is 0.521 bits per heavy atom. The largest absolute Gasteiger partial charge is 0.290 e. The molecular weight excluding hydrogens is 616 g/mol. The van der Waals surface area contributed by atoms with Crippen LogP contribution in [0.1, 0.15) is 12.8 Å². The maximum Gasteiger partial charge on any atom is 0.206 e. The lowest BCUT2D eigenvalue weighted by molar-refractivity contribution is -0.147. The number of ketones is 6. The second-order valence-corrected chi connectivity index (χ2v) is 15.8. The molecule has 0 amide bonds. The van der Waals surface area contributed by atoms with Gasteiger partial charge in [-0.1, -0.05) is 36.5 Å². The molecule has 8 N–H and O–H groups in total. The van der Waals surface area contributed by atoms with Crippen LogP contribution in [0.3, 0.4) is 0 Å². The Morgan fingerprint density at radius 3 is 0.750 bits per heavy atom. The van der Waals surface area contributed by atoms with Gasteiger partial charge in [0.05, 0.1) is 49.3 Å². The van der Waals surface area contributed by atoms with Crippen molar-refractivity contribution in [1.29, 1.82) is 0 Å². The van der Waals surface area contributed by atoms with Crippen LogP contribution in [0, 0.1) is 71.0 Å². The maximum atomic E-state index is 13.3. The van der Waals surface area contributed by atoms with Gasteiger partial charge in [-0.25, -0.2) is 0 Å². The van der Waals surface area contributed by atoms with E-state index >= 15 is 0 Å². The molecule has 20 unspecified atom stereocenters. The lowest BCUT2D eigenvalue weighted by atomic mass is 9.60. The summed E-state index contributed by atoms with van der Waals surface area (Å²) in [5, 5.41) is 29.9. The fourth-order valence-electron chi connectivity index (χ4n) is 12.1. The molecule has 14 bridgehead atoms. The third kappa shape index (κ3) is 3.59. The second-order valence-electron chi connectivity index (χ2n) is 15.8. The van der Waals surface area contributed by atoms with Crippen LogP contribution in [0.4, 0.5) is 0 Å². The Morgan fingerprint density at radius 1 is 0.312 bits per heavy atom. The van der Waals surface area contributed by atoms with Gasteiger partial charge in [0.2, 0.25) is 34.7 Å². The van der Waals surface area contributed by atoms with Crippen LogP contribution in [0.15, 0.2) is 36.5 Å². The van der Waals surface area contributed by atoms with Gasteiger partial charge >= 0.3 is 0 Å². The van der Waals surface area contributed by atoms with Crippen LogP contribution in [0.2, 0.25) is 0 Å². The third-order valence-electron chi connectivity index (χ3n) is 14.0. The number of carbonyl (C=O) groups is 6. The average molecular weight is 655 g/mol. The van der Waals surface area contributed by atoms with Crippen molar-refractivity contribution in [3.63, 3.8) is 0 Å². The van der Waals surface area contributed by atoms with E-state index in [-0.39, 0.29) is 107 Å². The van der Waals surface area contributed by atoms with Gasteiger partial charge in [0.15, 0.2) is 0 Å². The van der Waals surface area contributed by atoms with Crippen molar-refractivity contribution in [2.45, 2.75) is 62.2 Å². The van der Waals surface area contributed by atoms with Crippen LogP contribution in [-0.4, -0.2) is 84.0 Å². The van der Waals surface area contributed by atoms with E-state index in [1.807, 2.05) is 36.5 Å². The van der Waals surface area contributed by atoms with E-state index in [0.29, 0.717) is 0 Å². The number of carbonyl (C=O) groups excluding carboxylic acids is 6. The van der Waals surface area contributed by atoms with Crippen LogP contribution in [-0.2, 0) is 28.8 Å². The summed E-state index contributed by atoms with van der Waals surface area (Å²) >= 11 is 0. The molecule has 5 saturated heterocycles. The molecule has 14 rings (SSSR count). The number of fused-ring (bicyclic) bond motifs is 11. The quantitative estimate of drug-likeness (QED) is 0.0956. The molecule has 0 spiro atoms. The molecule has 0 aromatic heterocycles. The van der Waals surface area contributed by atoms with Crippen molar-refractivity contribution in [2.75, 3.05) is 0 Å². The number of rotatable bonds is 0. The summed E-state index contributed by atoms with van der Waals surface area (Å²) in [4.78, 5) is 79.4. The van der Waals surface area contributed by atoms with Crippen molar-refractivity contribution in [3.8, 4) is 0 Å². The highest BCUT2D eigenvalue weighted by atomic mass is 16.2. The first-order valence-electron chi connectivity index (χ1n) is 17.6. The lowest BCUT2D eigenvalue weighted by Gasteiger charge is -2.44. The second kappa shape index (κ2) is 9.79. The third-order valence-corrected chi connectivity index (χ3v) is 14.0. The Balaban J connectivity index is 0.998. The molecule has 3 saturated carbocycles. The normalized spacial score (nSPS) is 56.8. The van der Waals surface area contributed by atoms with Gasteiger partial charge in [-0.05, 0) is 12.8 Å². The molecule has 0 radical (unpaired) electrons. The molecule has 0 aromatic rings. The number of allylic oxidation sites excluding steroid dienone is 6. The summed E-state index contributed by atoms with van der Waals surface area (Å²) in [7, 11) is 0. The minimum Gasteiger partial charge on any atom is -0.290 e. The highest BCUT2D eigenvalue weighted by Crippen LogP contribution is 2.52. The zero-order chi connectivity index (χ0) is 32.3. The van der Waals surface area contributed by atoms with Gasteiger partial charge in [0, 0.05) is 71.0 Å². The minimum absolute atomic E-state index is 0.0687. The monoisotopic (exact) mass is 654 g/mol. The van der Waals surface area contributed by atoms with Crippen LogP contribution >= 0.6 is 0 Å². The first-order chi connectivity index (χ1) is 23.3. The summed E-state index contributed by atoms with van der Waals surface area (Å²) < 4.78 is 0. The van der Waals surface area contributed by atoms with Crippen molar-refractivity contribution in [3.05, 3.63) is 36.5 Å². The molecule has 14 aliphatic rings. The molecule has 20 atom stereocenters. The molecule has 14 nitrogen and oxygen atoms in total. The van der Waals surface area contributed by atoms with Gasteiger partial charge in [-0.15, -0.1) is 0 Å². The molecule has 5 aliphatic heterocycles. The fourth-order valence-corrected chi connectivity index (χ4v) is 12.1. The summed E-state index contributed by atoms with van der Waals surface area (Å²) in [5.41, 5.74) is 0. The first-order valence-corrected chi connectivity index (χ1v) is 17.6. The molecular formula is C34H38N8O6. The molecule has 14 heteroatoms. The van der Waals surface area contributed by atoms with E-state index < -0.39 is 47.8 Å². The highest BCUT2D eigenvalue weighted by Gasteiger charge is 2.65. The van der Waals surface area contributed by atoms with E-state index in [4.69, 9.17) is 0 Å². The number of hydrogen-bond donors (Lipinski definition) is 8. The Bertz CT molecular complexity index is 1580. The highest BCUT2D eigenvalue weighted by molar-refractivity contribution is 6.42. The van der Waals surface area contributed by atoms with Crippen molar-refractivity contribution in [2.24, 2.45) is 71.0 Å². The van der Waals surface area contributed by atoms with Crippen molar-refractivity contribution in [1.82, 2.24) is 42.5 Å². The minimum atomic E-state index is -0.588. The van der Waals surface area contributed by atoms with Crippen molar-refractivity contribution >= 4 is 34.7 Å². The number of Topliss-reactive ketones (excluding diaryl/α,β-unsaturated/α-hetero) is 6. The standard InChI is InChI=1S/C34H38N8O6/c43-23-9-1-3-11(25(23)45)19-17(9)29-36-15-7-8-16(35-15)37-30-18-10-2-4-12(26(46)24(10)44)20(18)32(39-30)41-34-22-14-6-5-13(27(47)28(14)48)21(22)33(42-34)40-31(19)38-29/h1-6,9-22,29-42H,7-8H2. The van der Waals surface area contributed by atoms with Crippen LogP contribution in [0.5, 0.6) is 0 Å². The zero-order valence-corrected chi connectivity index (χ0v) is 25.9. The maximum absolute atomic E-state index is 13.3. The van der Waals surface area contributed by atoms with Crippen LogP contribution in [0.25, 0.3) is 0 Å². The van der Waals surface area contributed by atoms with E-state index in [2.05, 4.69) is 42.5 Å². The topological polar surface area (TPSA) is 199 Å².